The van der Waals surface area contributed by atoms with Crippen molar-refractivity contribution in [2.24, 2.45) is 0 Å². The fourth-order valence-electron chi connectivity index (χ4n) is 5.34. The normalized spacial score (nSPS) is 14.6. The van der Waals surface area contributed by atoms with Crippen molar-refractivity contribution in [2.45, 2.75) is 52.2 Å². The van der Waals surface area contributed by atoms with Crippen LogP contribution in [-0.4, -0.2) is 53.4 Å². The quantitative estimate of drug-likeness (QED) is 0.320. The maximum Gasteiger partial charge on any atom is 0.410 e. The summed E-state index contributed by atoms with van der Waals surface area (Å²) in [6.45, 7) is 8.57. The van der Waals surface area contributed by atoms with E-state index in [-0.39, 0.29) is 23.1 Å². The van der Waals surface area contributed by atoms with Gasteiger partial charge in [-0.2, -0.15) is 5.10 Å². The number of benzene rings is 1. The Morgan fingerprint density at radius 2 is 1.71 bits per heavy atom. The second kappa shape index (κ2) is 10.0. The van der Waals surface area contributed by atoms with Crippen molar-refractivity contribution in [2.75, 3.05) is 13.1 Å². The molecule has 0 spiro atoms. The van der Waals surface area contributed by atoms with Crippen molar-refractivity contribution in [3.8, 4) is 16.9 Å². The Bertz CT molecular complexity index is 1880. The number of fused-ring (bicyclic) bond motifs is 2. The summed E-state index contributed by atoms with van der Waals surface area (Å²) in [4.78, 5) is 44.0. The molecular formula is C31H32N6O4. The molecule has 10 heteroatoms. The zero-order valence-corrected chi connectivity index (χ0v) is 23.6. The van der Waals surface area contributed by atoms with Gasteiger partial charge in [-0.05, 0) is 70.2 Å². The molecule has 1 aromatic carbocycles. The molecule has 0 saturated carbocycles. The number of aromatic nitrogens is 5. The molecule has 4 aromatic heterocycles. The van der Waals surface area contributed by atoms with Crippen LogP contribution in [0.25, 0.3) is 33.4 Å². The highest BCUT2D eigenvalue weighted by molar-refractivity contribution is 5.86. The van der Waals surface area contributed by atoms with Crippen molar-refractivity contribution in [1.29, 1.82) is 0 Å². The minimum Gasteiger partial charge on any atom is -0.444 e. The van der Waals surface area contributed by atoms with Crippen LogP contribution >= 0.6 is 0 Å². The van der Waals surface area contributed by atoms with Crippen LogP contribution in [-0.2, 0) is 4.74 Å². The lowest BCUT2D eigenvalue weighted by atomic mass is 10.0. The molecule has 0 bridgehead atoms. The molecular weight excluding hydrogens is 520 g/mol. The average Bonchev–Trinajstić information content (AvgIpc) is 3.32. The molecule has 10 nitrogen and oxygen atoms in total. The highest BCUT2D eigenvalue weighted by Crippen LogP contribution is 2.27. The maximum atomic E-state index is 13.5. The topological polar surface area (TPSA) is 104 Å². The summed E-state index contributed by atoms with van der Waals surface area (Å²) < 4.78 is 10.9. The molecule has 0 radical (unpaired) electrons. The molecule has 6 rings (SSSR count). The second-order valence-electron chi connectivity index (χ2n) is 11.5. The van der Waals surface area contributed by atoms with Gasteiger partial charge in [0.05, 0.1) is 23.3 Å². The van der Waals surface area contributed by atoms with Gasteiger partial charge in [-0.25, -0.2) is 14.3 Å². The van der Waals surface area contributed by atoms with E-state index in [4.69, 9.17) is 9.84 Å². The van der Waals surface area contributed by atoms with Crippen molar-refractivity contribution < 1.29 is 9.53 Å². The molecule has 0 unspecified atom stereocenters. The molecule has 210 valence electrons. The molecule has 1 saturated heterocycles. The molecule has 41 heavy (non-hydrogen) atoms. The van der Waals surface area contributed by atoms with Crippen LogP contribution in [0.1, 0.15) is 45.3 Å². The number of hydrogen-bond acceptors (Lipinski definition) is 6. The van der Waals surface area contributed by atoms with E-state index in [1.54, 1.807) is 26.4 Å². The number of hydrogen-bond donors (Lipinski definition) is 0. The summed E-state index contributed by atoms with van der Waals surface area (Å²) in [5.74, 6) is 0. The number of carbonyl (C=O) groups excluding carboxylic acids is 1. The first-order valence-corrected chi connectivity index (χ1v) is 13.7. The largest absolute Gasteiger partial charge is 0.444 e. The SMILES string of the molecule is Cc1cn2nc(-c3ccc4c(=O)n(C5CCN(C(=O)OC(C)(C)C)CC5)ccc4c3)cc(-n3ccc(=O)cc3)c2n1. The summed E-state index contributed by atoms with van der Waals surface area (Å²) >= 11 is 0. The molecule has 1 aliphatic heterocycles. The molecule has 0 N–H and O–H groups in total. The van der Waals surface area contributed by atoms with Gasteiger partial charge < -0.3 is 18.8 Å². The van der Waals surface area contributed by atoms with E-state index in [9.17, 15) is 14.4 Å². The minimum absolute atomic E-state index is 0.0129. The number of piperidine rings is 1. The molecule has 1 aliphatic rings. The summed E-state index contributed by atoms with van der Waals surface area (Å²) in [5.41, 5.74) is 3.21. The molecule has 5 aromatic rings. The van der Waals surface area contributed by atoms with E-state index in [0.717, 1.165) is 22.3 Å². The number of likely N-dealkylation sites (tertiary alicyclic amines) is 1. The Hall–Kier alpha value is -4.73. The molecule has 0 atom stereocenters. The number of ether oxygens (including phenoxy) is 1. The Balaban J connectivity index is 1.30. The first-order valence-electron chi connectivity index (χ1n) is 13.7. The lowest BCUT2D eigenvalue weighted by molar-refractivity contribution is 0.0187. The van der Waals surface area contributed by atoms with Crippen LogP contribution in [0.4, 0.5) is 4.79 Å². The zero-order valence-electron chi connectivity index (χ0n) is 23.6. The van der Waals surface area contributed by atoms with Crippen LogP contribution in [0.2, 0.25) is 0 Å². The van der Waals surface area contributed by atoms with Gasteiger partial charge in [-0.3, -0.25) is 9.59 Å². The molecule has 1 amide bonds. The first-order chi connectivity index (χ1) is 19.6. The summed E-state index contributed by atoms with van der Waals surface area (Å²) in [6.07, 6.45) is 8.20. The van der Waals surface area contributed by atoms with E-state index in [1.165, 1.54) is 12.1 Å². The van der Waals surface area contributed by atoms with Gasteiger partial charge in [0.1, 0.15) is 5.60 Å². The van der Waals surface area contributed by atoms with Crippen LogP contribution in [0.15, 0.2) is 76.8 Å². The van der Waals surface area contributed by atoms with Crippen molar-refractivity contribution in [1.82, 2.24) is 28.6 Å². The van der Waals surface area contributed by atoms with Gasteiger partial charge in [0.2, 0.25) is 0 Å². The van der Waals surface area contributed by atoms with Crippen molar-refractivity contribution in [3.63, 3.8) is 0 Å². The predicted octanol–water partition coefficient (Wildman–Crippen LogP) is 4.74. The molecule has 1 fully saturated rings. The number of rotatable bonds is 3. The van der Waals surface area contributed by atoms with Crippen molar-refractivity contribution >= 4 is 22.5 Å². The van der Waals surface area contributed by atoms with Gasteiger partial charge >= 0.3 is 6.09 Å². The highest BCUT2D eigenvalue weighted by atomic mass is 16.6. The second-order valence-corrected chi connectivity index (χ2v) is 11.5. The number of nitrogens with zero attached hydrogens (tertiary/aromatic N) is 6. The number of pyridine rings is 2. The van der Waals surface area contributed by atoms with Crippen LogP contribution in [0.5, 0.6) is 0 Å². The Morgan fingerprint density at radius 3 is 2.41 bits per heavy atom. The molecule has 0 aliphatic carbocycles. The fraction of sp³-hybridized carbons (Fsp3) is 0.323. The van der Waals surface area contributed by atoms with E-state index >= 15 is 0 Å². The highest BCUT2D eigenvalue weighted by Gasteiger charge is 2.28. The smallest absolute Gasteiger partial charge is 0.410 e. The summed E-state index contributed by atoms with van der Waals surface area (Å²) in [7, 11) is 0. The Morgan fingerprint density at radius 1 is 0.976 bits per heavy atom. The van der Waals surface area contributed by atoms with Crippen LogP contribution in [0.3, 0.4) is 0 Å². The zero-order chi connectivity index (χ0) is 28.9. The molecule has 5 heterocycles. The van der Waals surface area contributed by atoms with Crippen LogP contribution in [0, 0.1) is 6.92 Å². The predicted molar refractivity (Wildman–Crippen MR) is 157 cm³/mol. The third-order valence-corrected chi connectivity index (χ3v) is 7.34. The Labute approximate surface area is 236 Å². The fourth-order valence-corrected chi connectivity index (χ4v) is 5.34. The standard InChI is InChI=1S/C31H32N6O4/c1-20-19-37-28(32-20)27(34-14-10-24(38)11-15-34)18-26(33-37)22-5-6-25-21(17-22)7-16-36(29(25)39)23-8-12-35(13-9-23)30(40)41-31(2,3)4/h5-7,10-11,14-19,23H,8-9,12-13H2,1-4H3. The average molecular weight is 553 g/mol. The minimum atomic E-state index is -0.537. The number of amides is 1. The first kappa shape index (κ1) is 26.5. The number of imidazole rings is 1. The van der Waals surface area contributed by atoms with E-state index in [2.05, 4.69) is 4.98 Å². The third kappa shape index (κ3) is 5.25. The van der Waals surface area contributed by atoms with Gasteiger partial charge in [-0.15, -0.1) is 0 Å². The van der Waals surface area contributed by atoms with Gasteiger partial charge in [0.25, 0.3) is 5.56 Å². The maximum absolute atomic E-state index is 13.5. The monoisotopic (exact) mass is 552 g/mol. The van der Waals surface area contributed by atoms with Crippen LogP contribution < -0.4 is 11.0 Å². The lowest BCUT2D eigenvalue weighted by Crippen LogP contribution is -2.43. The lowest BCUT2D eigenvalue weighted by Gasteiger charge is -2.34. The van der Waals surface area contributed by atoms with Gasteiger partial charge in [0.15, 0.2) is 11.1 Å². The van der Waals surface area contributed by atoms with Crippen molar-refractivity contribution in [3.05, 3.63) is 93.5 Å². The third-order valence-electron chi connectivity index (χ3n) is 7.34. The van der Waals surface area contributed by atoms with E-state index < -0.39 is 5.60 Å². The van der Waals surface area contributed by atoms with E-state index in [0.29, 0.717) is 42.7 Å². The van der Waals surface area contributed by atoms with E-state index in [1.807, 2.05) is 75.0 Å². The Kier molecular flexibility index (Phi) is 6.48. The van der Waals surface area contributed by atoms with Gasteiger partial charge in [-0.1, -0.05) is 6.07 Å². The number of aryl methyl sites for hydroxylation is 1. The number of carbonyl (C=O) groups is 1. The summed E-state index contributed by atoms with van der Waals surface area (Å²) in [6, 6.07) is 12.7. The van der Waals surface area contributed by atoms with Gasteiger partial charge in [0, 0.05) is 60.8 Å². The summed E-state index contributed by atoms with van der Waals surface area (Å²) in [5, 5.41) is 6.24.